The van der Waals surface area contributed by atoms with Gasteiger partial charge in [0.1, 0.15) is 0 Å². The van der Waals surface area contributed by atoms with Gasteiger partial charge in [0.05, 0.1) is 6.10 Å². The summed E-state index contributed by atoms with van der Waals surface area (Å²) in [6.45, 7) is 2.04. The molecule has 3 nitrogen and oxygen atoms in total. The molecule has 0 unspecified atom stereocenters. The highest BCUT2D eigenvalue weighted by Crippen LogP contribution is 2.37. The third kappa shape index (κ3) is 2.58. The lowest BCUT2D eigenvalue weighted by atomic mass is 9.79. The molecule has 2 rings (SSSR count). The van der Waals surface area contributed by atoms with E-state index in [9.17, 15) is 0 Å². The zero-order chi connectivity index (χ0) is 11.6. The Hall–Kier alpha value is -0.120. The van der Waals surface area contributed by atoms with E-state index in [0.29, 0.717) is 6.10 Å². The molecule has 0 amide bonds. The lowest BCUT2D eigenvalue weighted by Gasteiger charge is -2.46. The monoisotopic (exact) mass is 226 g/mol. The van der Waals surface area contributed by atoms with Crippen molar-refractivity contribution in [3.63, 3.8) is 0 Å². The van der Waals surface area contributed by atoms with Crippen LogP contribution in [-0.4, -0.2) is 43.8 Å². The summed E-state index contributed by atoms with van der Waals surface area (Å²) in [6, 6.07) is 0. The summed E-state index contributed by atoms with van der Waals surface area (Å²) in [5.74, 6) is 0.952. The Labute approximate surface area is 99.3 Å². The number of rotatable bonds is 5. The fraction of sp³-hybridized carbons (Fsp3) is 1.00. The smallest absolute Gasteiger partial charge is 0.0572 e. The Balaban J connectivity index is 1.90. The Kier molecular flexibility index (Phi) is 3.88. The van der Waals surface area contributed by atoms with Crippen molar-refractivity contribution in [3.8, 4) is 0 Å². The molecule has 2 saturated carbocycles. The van der Waals surface area contributed by atoms with E-state index in [1.165, 1.54) is 45.1 Å². The summed E-state index contributed by atoms with van der Waals surface area (Å²) < 4.78 is 5.44. The van der Waals surface area contributed by atoms with E-state index in [2.05, 4.69) is 11.9 Å². The molecule has 2 fully saturated rings. The third-order valence-corrected chi connectivity index (χ3v) is 4.62. The minimum Gasteiger partial charge on any atom is -0.381 e. The van der Waals surface area contributed by atoms with Gasteiger partial charge in [0.15, 0.2) is 0 Å². The highest BCUT2D eigenvalue weighted by molar-refractivity contribution is 4.96. The summed E-state index contributed by atoms with van der Waals surface area (Å²) in [5.41, 5.74) is 6.30. The summed E-state index contributed by atoms with van der Waals surface area (Å²) in [7, 11) is 4.09. The molecule has 2 aliphatic carbocycles. The average molecular weight is 226 g/mol. The first kappa shape index (κ1) is 12.3. The number of hydrogen-bond donors (Lipinski definition) is 1. The minimum absolute atomic E-state index is 0.262. The van der Waals surface area contributed by atoms with Gasteiger partial charge in [0.25, 0.3) is 0 Å². The standard InChI is InChI=1S/C13H26N2O/c1-15(9-11-3-4-11)13(10-14)7-5-12(16-2)6-8-13/h11-12H,3-10,14H2,1-2H3. The molecule has 3 heteroatoms. The maximum atomic E-state index is 6.04. The van der Waals surface area contributed by atoms with Gasteiger partial charge in [-0.25, -0.2) is 0 Å². The van der Waals surface area contributed by atoms with Crippen LogP contribution < -0.4 is 5.73 Å². The molecular weight excluding hydrogens is 200 g/mol. The van der Waals surface area contributed by atoms with Gasteiger partial charge in [-0.05, 0) is 51.5 Å². The number of hydrogen-bond acceptors (Lipinski definition) is 3. The van der Waals surface area contributed by atoms with E-state index in [0.717, 1.165) is 12.5 Å². The quantitative estimate of drug-likeness (QED) is 0.774. The van der Waals surface area contributed by atoms with Gasteiger partial charge in [-0.2, -0.15) is 0 Å². The lowest BCUT2D eigenvalue weighted by Crippen LogP contribution is -2.55. The molecule has 2 N–H and O–H groups in total. The Bertz CT molecular complexity index is 220. The van der Waals surface area contributed by atoms with Gasteiger partial charge in [0, 0.05) is 25.7 Å². The number of ether oxygens (including phenoxy) is 1. The molecule has 0 aromatic carbocycles. The van der Waals surface area contributed by atoms with Gasteiger partial charge in [-0.15, -0.1) is 0 Å². The molecule has 0 spiro atoms. The largest absolute Gasteiger partial charge is 0.381 e. The van der Waals surface area contributed by atoms with E-state index in [-0.39, 0.29) is 5.54 Å². The second-order valence-corrected chi connectivity index (χ2v) is 5.69. The van der Waals surface area contributed by atoms with E-state index in [4.69, 9.17) is 10.5 Å². The average Bonchev–Trinajstić information content (AvgIpc) is 3.13. The maximum absolute atomic E-state index is 6.04. The third-order valence-electron chi connectivity index (χ3n) is 4.62. The minimum atomic E-state index is 0.262. The first-order valence-corrected chi connectivity index (χ1v) is 6.64. The molecule has 94 valence electrons. The van der Waals surface area contributed by atoms with E-state index in [1.54, 1.807) is 0 Å². The van der Waals surface area contributed by atoms with Crippen LogP contribution in [0.15, 0.2) is 0 Å². The molecule has 0 aromatic heterocycles. The van der Waals surface area contributed by atoms with Crippen LogP contribution in [0.5, 0.6) is 0 Å². The molecule has 2 aliphatic rings. The molecular formula is C13H26N2O. The molecule has 16 heavy (non-hydrogen) atoms. The van der Waals surface area contributed by atoms with Crippen molar-refractivity contribution in [2.75, 3.05) is 27.2 Å². The molecule has 0 heterocycles. The van der Waals surface area contributed by atoms with Gasteiger partial charge in [-0.1, -0.05) is 0 Å². The van der Waals surface area contributed by atoms with Crippen LogP contribution >= 0.6 is 0 Å². The molecule has 0 saturated heterocycles. The van der Waals surface area contributed by atoms with Crippen molar-refractivity contribution in [1.29, 1.82) is 0 Å². The van der Waals surface area contributed by atoms with E-state index in [1.807, 2.05) is 7.11 Å². The molecule has 0 radical (unpaired) electrons. The Morgan fingerprint density at radius 2 is 1.88 bits per heavy atom. The second kappa shape index (κ2) is 5.03. The Morgan fingerprint density at radius 1 is 1.25 bits per heavy atom. The highest BCUT2D eigenvalue weighted by Gasteiger charge is 2.39. The van der Waals surface area contributed by atoms with Crippen molar-refractivity contribution < 1.29 is 4.74 Å². The Morgan fingerprint density at radius 3 is 2.31 bits per heavy atom. The number of nitrogens with zero attached hydrogens (tertiary/aromatic N) is 1. The van der Waals surface area contributed by atoms with Crippen LogP contribution in [0.4, 0.5) is 0 Å². The van der Waals surface area contributed by atoms with Crippen LogP contribution in [0.1, 0.15) is 38.5 Å². The topological polar surface area (TPSA) is 38.5 Å². The van der Waals surface area contributed by atoms with E-state index >= 15 is 0 Å². The molecule has 0 atom stereocenters. The van der Waals surface area contributed by atoms with Crippen LogP contribution in [0.25, 0.3) is 0 Å². The number of likely N-dealkylation sites (N-methyl/N-ethyl adjacent to an activating group) is 1. The van der Waals surface area contributed by atoms with E-state index < -0.39 is 0 Å². The maximum Gasteiger partial charge on any atom is 0.0572 e. The number of methoxy groups -OCH3 is 1. The van der Waals surface area contributed by atoms with Crippen LogP contribution in [0, 0.1) is 5.92 Å². The van der Waals surface area contributed by atoms with Gasteiger partial charge >= 0.3 is 0 Å². The van der Waals surface area contributed by atoms with Gasteiger partial charge in [-0.3, -0.25) is 4.90 Å². The van der Waals surface area contributed by atoms with Crippen LogP contribution in [-0.2, 0) is 4.74 Å². The van der Waals surface area contributed by atoms with Crippen molar-refractivity contribution in [2.45, 2.75) is 50.2 Å². The van der Waals surface area contributed by atoms with Crippen LogP contribution in [0.3, 0.4) is 0 Å². The van der Waals surface area contributed by atoms with Crippen LogP contribution in [0.2, 0.25) is 0 Å². The second-order valence-electron chi connectivity index (χ2n) is 5.69. The first-order chi connectivity index (χ1) is 7.70. The summed E-state index contributed by atoms with van der Waals surface area (Å²) in [5, 5.41) is 0. The normalized spacial score (nSPS) is 35.6. The highest BCUT2D eigenvalue weighted by atomic mass is 16.5. The van der Waals surface area contributed by atoms with Crippen molar-refractivity contribution in [1.82, 2.24) is 4.90 Å². The lowest BCUT2D eigenvalue weighted by molar-refractivity contribution is 0.00196. The fourth-order valence-electron chi connectivity index (χ4n) is 2.99. The summed E-state index contributed by atoms with van der Waals surface area (Å²) in [4.78, 5) is 2.54. The SMILES string of the molecule is COC1CCC(CN)(N(C)CC2CC2)CC1. The number of nitrogens with two attached hydrogens (primary N) is 1. The molecule has 0 bridgehead atoms. The van der Waals surface area contributed by atoms with Crippen molar-refractivity contribution >= 4 is 0 Å². The summed E-state index contributed by atoms with van der Waals surface area (Å²) >= 11 is 0. The molecule has 0 aromatic rings. The zero-order valence-electron chi connectivity index (χ0n) is 10.7. The van der Waals surface area contributed by atoms with Gasteiger partial charge in [0.2, 0.25) is 0 Å². The fourth-order valence-corrected chi connectivity index (χ4v) is 2.99. The predicted molar refractivity (Wildman–Crippen MR) is 66.4 cm³/mol. The van der Waals surface area contributed by atoms with Crippen molar-refractivity contribution in [2.24, 2.45) is 11.7 Å². The predicted octanol–water partition coefficient (Wildman–Crippen LogP) is 1.61. The van der Waals surface area contributed by atoms with Gasteiger partial charge < -0.3 is 10.5 Å². The molecule has 0 aliphatic heterocycles. The van der Waals surface area contributed by atoms with Crippen molar-refractivity contribution in [3.05, 3.63) is 0 Å². The summed E-state index contributed by atoms with van der Waals surface area (Å²) in [6.07, 6.45) is 8.05. The first-order valence-electron chi connectivity index (χ1n) is 6.64. The zero-order valence-corrected chi connectivity index (χ0v) is 10.7.